The second kappa shape index (κ2) is 9.69. The van der Waals surface area contributed by atoms with Crippen LogP contribution in [-0.2, 0) is 20.7 Å². The third kappa shape index (κ3) is 4.85. The van der Waals surface area contributed by atoms with Gasteiger partial charge in [0, 0.05) is 5.92 Å². The Bertz CT molecular complexity index is 893. The molecule has 1 aliphatic carbocycles. The molecular weight excluding hydrogens is 399 g/mol. The number of halogens is 1. The van der Waals surface area contributed by atoms with Crippen molar-refractivity contribution < 1.29 is 28.1 Å². The van der Waals surface area contributed by atoms with Crippen LogP contribution < -0.4 is 9.47 Å². The van der Waals surface area contributed by atoms with Gasteiger partial charge in [0.2, 0.25) is 0 Å². The summed E-state index contributed by atoms with van der Waals surface area (Å²) in [4.78, 5) is 12.3. The van der Waals surface area contributed by atoms with Gasteiger partial charge >= 0.3 is 5.97 Å². The van der Waals surface area contributed by atoms with E-state index in [1.54, 1.807) is 26.4 Å². The lowest BCUT2D eigenvalue weighted by atomic mass is 9.83. The zero-order valence-electron chi connectivity index (χ0n) is 18.0. The van der Waals surface area contributed by atoms with E-state index in [4.69, 9.17) is 18.9 Å². The molecule has 166 valence electrons. The van der Waals surface area contributed by atoms with Gasteiger partial charge in [-0.1, -0.05) is 24.6 Å². The van der Waals surface area contributed by atoms with Gasteiger partial charge in [-0.3, -0.25) is 4.79 Å². The van der Waals surface area contributed by atoms with E-state index >= 15 is 0 Å². The highest BCUT2D eigenvalue weighted by atomic mass is 19.1. The highest BCUT2D eigenvalue weighted by molar-refractivity contribution is 5.73. The zero-order valence-corrected chi connectivity index (χ0v) is 18.0. The Morgan fingerprint density at radius 1 is 1.06 bits per heavy atom. The van der Waals surface area contributed by atoms with Crippen LogP contribution in [0.4, 0.5) is 4.39 Å². The molecule has 0 bridgehead atoms. The fourth-order valence-electron chi connectivity index (χ4n) is 4.40. The molecule has 1 saturated carbocycles. The molecule has 2 fully saturated rings. The van der Waals surface area contributed by atoms with Crippen molar-refractivity contribution in [1.82, 2.24) is 0 Å². The predicted octanol–water partition coefficient (Wildman–Crippen LogP) is 4.73. The van der Waals surface area contributed by atoms with Gasteiger partial charge in [-0.05, 0) is 60.6 Å². The van der Waals surface area contributed by atoms with Crippen molar-refractivity contribution in [2.24, 2.45) is 17.8 Å². The quantitative estimate of drug-likeness (QED) is 0.569. The van der Waals surface area contributed by atoms with Gasteiger partial charge in [0.1, 0.15) is 5.82 Å². The highest BCUT2D eigenvalue weighted by Gasteiger charge is 2.40. The number of esters is 1. The number of carbonyl (C=O) groups is 1. The summed E-state index contributed by atoms with van der Waals surface area (Å²) in [5.74, 6) is 1.16. The van der Waals surface area contributed by atoms with E-state index in [1.807, 2.05) is 18.2 Å². The largest absolute Gasteiger partial charge is 0.493 e. The summed E-state index contributed by atoms with van der Waals surface area (Å²) in [6.45, 7) is 0.845. The zero-order chi connectivity index (χ0) is 21.8. The first-order chi connectivity index (χ1) is 15.1. The monoisotopic (exact) mass is 428 g/mol. The fraction of sp³-hybridized carbons (Fsp3) is 0.480. The maximum absolute atomic E-state index is 13.4. The van der Waals surface area contributed by atoms with Gasteiger partial charge in [0.25, 0.3) is 0 Å². The van der Waals surface area contributed by atoms with Gasteiger partial charge in [0.15, 0.2) is 11.5 Å². The summed E-state index contributed by atoms with van der Waals surface area (Å²) < 4.78 is 36.0. The molecule has 6 heteroatoms. The molecule has 0 unspecified atom stereocenters. The predicted molar refractivity (Wildman–Crippen MR) is 114 cm³/mol. The first kappa shape index (κ1) is 21.6. The maximum Gasteiger partial charge on any atom is 0.308 e. The lowest BCUT2D eigenvalue weighted by molar-refractivity contribution is -0.153. The number of benzene rings is 2. The number of rotatable bonds is 8. The Labute approximate surface area is 182 Å². The topological polar surface area (TPSA) is 54.0 Å². The third-order valence-electron chi connectivity index (χ3n) is 6.49. The van der Waals surface area contributed by atoms with E-state index in [0.717, 1.165) is 36.8 Å². The van der Waals surface area contributed by atoms with Gasteiger partial charge in [0.05, 0.1) is 39.5 Å². The van der Waals surface area contributed by atoms with Crippen molar-refractivity contribution in [2.45, 2.75) is 31.8 Å². The van der Waals surface area contributed by atoms with Gasteiger partial charge in [-0.2, -0.15) is 0 Å². The Balaban J connectivity index is 1.51. The molecule has 2 aliphatic rings. The van der Waals surface area contributed by atoms with E-state index in [2.05, 4.69) is 0 Å². The first-order valence-electron chi connectivity index (χ1n) is 10.8. The smallest absolute Gasteiger partial charge is 0.308 e. The van der Waals surface area contributed by atoms with Crippen LogP contribution in [-0.4, -0.2) is 33.4 Å². The summed E-state index contributed by atoms with van der Waals surface area (Å²) in [6, 6.07) is 12.3. The average Bonchev–Trinajstić information content (AvgIpc) is 3.13. The molecule has 2 aromatic carbocycles. The molecule has 0 aromatic heterocycles. The van der Waals surface area contributed by atoms with Crippen LogP contribution in [0.3, 0.4) is 0 Å². The minimum Gasteiger partial charge on any atom is -0.493 e. The summed E-state index contributed by atoms with van der Waals surface area (Å²) in [5.41, 5.74) is 2.00. The van der Waals surface area contributed by atoms with Crippen LogP contribution in [0.25, 0.3) is 0 Å². The van der Waals surface area contributed by atoms with Crippen LogP contribution in [0, 0.1) is 23.6 Å². The Morgan fingerprint density at radius 2 is 1.81 bits per heavy atom. The van der Waals surface area contributed by atoms with E-state index in [9.17, 15) is 9.18 Å². The number of methoxy groups -OCH3 is 2. The number of carbonyl (C=O) groups excluding carboxylic acids is 1. The summed E-state index contributed by atoms with van der Waals surface area (Å²) in [5, 5.41) is 0. The van der Waals surface area contributed by atoms with Gasteiger partial charge in [-0.25, -0.2) is 4.39 Å². The Hall–Kier alpha value is -2.60. The number of ether oxygens (including phenoxy) is 4. The lowest BCUT2D eigenvalue weighted by Crippen LogP contribution is -2.29. The minimum atomic E-state index is -0.281. The van der Waals surface area contributed by atoms with Gasteiger partial charge in [-0.15, -0.1) is 0 Å². The average molecular weight is 429 g/mol. The van der Waals surface area contributed by atoms with Crippen LogP contribution >= 0.6 is 0 Å². The summed E-state index contributed by atoms with van der Waals surface area (Å²) >= 11 is 0. The number of hydrogen-bond donors (Lipinski definition) is 0. The van der Waals surface area contributed by atoms with Crippen LogP contribution in [0.2, 0.25) is 0 Å². The molecule has 0 spiro atoms. The molecule has 0 amide bonds. The summed E-state index contributed by atoms with van der Waals surface area (Å²) in [6.07, 6.45) is 3.43. The second-order valence-electron chi connectivity index (χ2n) is 8.38. The van der Waals surface area contributed by atoms with Gasteiger partial charge < -0.3 is 18.9 Å². The SMILES string of the molecule is COc1ccc(C[C@H]2CO[C@H](c3ccc(F)cc3)[C@H]2COC(=O)C2CCC2)cc1OC. The Morgan fingerprint density at radius 3 is 2.45 bits per heavy atom. The van der Waals surface area contributed by atoms with E-state index < -0.39 is 0 Å². The normalized spacial score (nSPS) is 23.3. The van der Waals surface area contributed by atoms with E-state index in [-0.39, 0.29) is 35.6 Å². The lowest BCUT2D eigenvalue weighted by Gasteiger charge is -2.27. The molecule has 31 heavy (non-hydrogen) atoms. The Kier molecular flexibility index (Phi) is 6.76. The third-order valence-corrected chi connectivity index (χ3v) is 6.49. The van der Waals surface area contributed by atoms with Crippen LogP contribution in [0.1, 0.15) is 36.5 Å². The molecule has 2 aromatic rings. The van der Waals surface area contributed by atoms with Crippen molar-refractivity contribution in [1.29, 1.82) is 0 Å². The minimum absolute atomic E-state index is 0.0115. The molecule has 1 heterocycles. The van der Waals surface area contributed by atoms with Crippen molar-refractivity contribution in [3.63, 3.8) is 0 Å². The molecule has 5 nitrogen and oxygen atoms in total. The molecule has 1 aliphatic heterocycles. The van der Waals surface area contributed by atoms with Crippen molar-refractivity contribution in [2.75, 3.05) is 27.4 Å². The molecular formula is C25H29FO5. The van der Waals surface area contributed by atoms with Crippen LogP contribution in [0.5, 0.6) is 11.5 Å². The van der Waals surface area contributed by atoms with Crippen LogP contribution in [0.15, 0.2) is 42.5 Å². The highest BCUT2D eigenvalue weighted by Crippen LogP contribution is 2.41. The molecule has 0 N–H and O–H groups in total. The molecule has 3 atom stereocenters. The maximum atomic E-state index is 13.4. The van der Waals surface area contributed by atoms with E-state index in [1.165, 1.54) is 12.1 Å². The summed E-state index contributed by atoms with van der Waals surface area (Å²) in [7, 11) is 3.23. The number of hydrogen-bond acceptors (Lipinski definition) is 5. The molecule has 0 radical (unpaired) electrons. The second-order valence-corrected chi connectivity index (χ2v) is 8.38. The van der Waals surface area contributed by atoms with Crippen molar-refractivity contribution >= 4 is 5.97 Å². The van der Waals surface area contributed by atoms with Crippen molar-refractivity contribution in [3.8, 4) is 11.5 Å². The van der Waals surface area contributed by atoms with E-state index in [0.29, 0.717) is 24.7 Å². The molecule has 1 saturated heterocycles. The standard InChI is InChI=1S/C25H29FO5/c1-28-22-11-6-16(13-23(22)29-2)12-19-14-30-24(17-7-9-20(26)10-8-17)21(19)15-31-25(27)18-4-3-5-18/h6-11,13,18-19,21,24H,3-5,12,14-15H2,1-2H3/t19-,21-,24+/m0/s1. The molecule has 4 rings (SSSR count). The first-order valence-corrected chi connectivity index (χ1v) is 10.8. The fourth-order valence-corrected chi connectivity index (χ4v) is 4.40. The van der Waals surface area contributed by atoms with Crippen molar-refractivity contribution in [3.05, 3.63) is 59.4 Å².